The third-order valence-corrected chi connectivity index (χ3v) is 13.8. The summed E-state index contributed by atoms with van der Waals surface area (Å²) >= 11 is 0. The molecule has 0 aliphatic heterocycles. The van der Waals surface area contributed by atoms with Crippen molar-refractivity contribution in [2.24, 2.45) is 88.6 Å². The van der Waals surface area contributed by atoms with Crippen LogP contribution in [0.3, 0.4) is 0 Å². The van der Waals surface area contributed by atoms with E-state index in [9.17, 15) is 9.90 Å². The zero-order valence-electron chi connectivity index (χ0n) is 33.9. The topological polar surface area (TPSA) is 100 Å². The molecule has 4 aliphatic rings. The maximum absolute atomic E-state index is 12.8. The highest BCUT2D eigenvalue weighted by Gasteiger charge is 2.52. The summed E-state index contributed by atoms with van der Waals surface area (Å²) in [6.45, 7) is 20.0. The molecule has 51 heavy (non-hydrogen) atoms. The number of aldehydes is 1. The van der Waals surface area contributed by atoms with E-state index < -0.39 is 0 Å². The van der Waals surface area contributed by atoms with Gasteiger partial charge in [-0.15, -0.1) is 0 Å². The number of carbonyl (C=O) groups excluding carboxylic acids is 1. The molecular formula is C44H81NO6. The zero-order valence-corrected chi connectivity index (χ0v) is 33.9. The fraction of sp³-hybridized carbons (Fsp3) is 0.977. The third kappa shape index (κ3) is 13.6. The van der Waals surface area contributed by atoms with Gasteiger partial charge in [0.2, 0.25) is 0 Å². The minimum absolute atomic E-state index is 0.0790. The van der Waals surface area contributed by atoms with Crippen molar-refractivity contribution in [1.82, 2.24) is 0 Å². The highest BCUT2D eigenvalue weighted by molar-refractivity contribution is 5.55. The number of hydrogen-bond donors (Lipinski definition) is 2. The van der Waals surface area contributed by atoms with Crippen molar-refractivity contribution in [1.29, 1.82) is 0 Å². The fourth-order valence-corrected chi connectivity index (χ4v) is 10.7. The number of nitrogens with two attached hydrogens (primary N) is 1. The second-order valence-electron chi connectivity index (χ2n) is 19.0. The second-order valence-corrected chi connectivity index (χ2v) is 19.0. The van der Waals surface area contributed by atoms with Crippen LogP contribution >= 0.6 is 0 Å². The van der Waals surface area contributed by atoms with Crippen LogP contribution in [0.5, 0.6) is 0 Å². The normalized spacial score (nSPS) is 35.9. The Morgan fingerprint density at radius 1 is 0.608 bits per heavy atom. The molecule has 0 spiro atoms. The molecule has 0 amide bonds. The van der Waals surface area contributed by atoms with Gasteiger partial charge in [0.05, 0.1) is 13.2 Å². The van der Waals surface area contributed by atoms with Crippen molar-refractivity contribution in [3.63, 3.8) is 0 Å². The van der Waals surface area contributed by atoms with E-state index in [1.807, 2.05) is 0 Å². The predicted molar refractivity (Wildman–Crippen MR) is 207 cm³/mol. The standard InChI is InChI=1S/C44H81NO6/c1-30(2)13-17-48-26-38-22-36(24-46)43(41(38)28-50-18-14-31(3)4)34-9-10-35(21-34)44-37(25-47)23-39(42(44)29-51-19-15-32(5)6)27-49-20-16-33-7-11-40(45)12-8-33/h25,30-44,46H,7-24,26-29,45H2,1-6H3/t33?,34?,35?,36-,37+,38+,39-,40?,41-,42+,43?,44?/m0/s1. The number of ether oxygens (including phenoxy) is 4. The van der Waals surface area contributed by atoms with Gasteiger partial charge in [-0.05, 0) is 160 Å². The highest BCUT2D eigenvalue weighted by Crippen LogP contribution is 2.56. The first-order chi connectivity index (χ1) is 24.6. The first-order valence-corrected chi connectivity index (χ1v) is 21.7. The zero-order chi connectivity index (χ0) is 36.8. The lowest BCUT2D eigenvalue weighted by atomic mass is 9.73. The summed E-state index contributed by atoms with van der Waals surface area (Å²) in [7, 11) is 0. The van der Waals surface area contributed by atoms with Crippen molar-refractivity contribution in [2.75, 3.05) is 59.5 Å². The van der Waals surface area contributed by atoms with E-state index in [1.54, 1.807) is 0 Å². The Balaban J connectivity index is 1.42. The van der Waals surface area contributed by atoms with E-state index in [0.29, 0.717) is 77.1 Å². The van der Waals surface area contributed by atoms with Crippen molar-refractivity contribution in [3.8, 4) is 0 Å². The summed E-state index contributed by atoms with van der Waals surface area (Å²) in [4.78, 5) is 12.8. The van der Waals surface area contributed by atoms with Gasteiger partial charge < -0.3 is 34.6 Å². The first kappa shape index (κ1) is 43.2. The minimum Gasteiger partial charge on any atom is -0.396 e. The average molecular weight is 720 g/mol. The van der Waals surface area contributed by atoms with Crippen molar-refractivity contribution < 1.29 is 28.8 Å². The Kier molecular flexibility index (Phi) is 19.2. The van der Waals surface area contributed by atoms with E-state index in [0.717, 1.165) is 117 Å². The van der Waals surface area contributed by atoms with Crippen molar-refractivity contribution >= 4 is 6.29 Å². The smallest absolute Gasteiger partial charge is 0.123 e. The Hall–Kier alpha value is -0.570. The Morgan fingerprint density at radius 3 is 1.63 bits per heavy atom. The third-order valence-electron chi connectivity index (χ3n) is 13.8. The number of carbonyl (C=O) groups is 1. The Labute approximate surface area is 313 Å². The molecule has 7 heteroatoms. The molecule has 298 valence electrons. The molecule has 10 atom stereocenters. The van der Waals surface area contributed by atoms with E-state index in [4.69, 9.17) is 24.7 Å². The van der Waals surface area contributed by atoms with Gasteiger partial charge in [0.1, 0.15) is 6.29 Å². The van der Waals surface area contributed by atoms with Crippen LogP contribution in [0, 0.1) is 82.9 Å². The lowest BCUT2D eigenvalue weighted by Gasteiger charge is -2.34. The summed E-state index contributed by atoms with van der Waals surface area (Å²) in [6.07, 6.45) is 15.9. The molecule has 0 aromatic heterocycles. The molecule has 0 saturated heterocycles. The predicted octanol–water partition coefficient (Wildman–Crippen LogP) is 8.44. The highest BCUT2D eigenvalue weighted by atomic mass is 16.5. The van der Waals surface area contributed by atoms with E-state index >= 15 is 0 Å². The van der Waals surface area contributed by atoms with Crippen LogP contribution in [0.1, 0.15) is 125 Å². The van der Waals surface area contributed by atoms with Gasteiger partial charge in [0.15, 0.2) is 0 Å². The van der Waals surface area contributed by atoms with Crippen molar-refractivity contribution in [2.45, 2.75) is 131 Å². The number of aliphatic hydroxyl groups excluding tert-OH is 1. The fourth-order valence-electron chi connectivity index (χ4n) is 10.7. The lowest BCUT2D eigenvalue weighted by Crippen LogP contribution is -2.33. The van der Waals surface area contributed by atoms with Gasteiger partial charge in [-0.1, -0.05) is 41.5 Å². The van der Waals surface area contributed by atoms with Crippen LogP contribution in [-0.4, -0.2) is 76.9 Å². The maximum atomic E-state index is 12.8. The van der Waals surface area contributed by atoms with Gasteiger partial charge in [-0.25, -0.2) is 0 Å². The van der Waals surface area contributed by atoms with Gasteiger partial charge in [0.25, 0.3) is 0 Å². The molecule has 4 fully saturated rings. The van der Waals surface area contributed by atoms with Crippen LogP contribution in [0.25, 0.3) is 0 Å². The van der Waals surface area contributed by atoms with Gasteiger partial charge in [-0.2, -0.15) is 0 Å². The van der Waals surface area contributed by atoms with Gasteiger partial charge in [-0.3, -0.25) is 0 Å². The van der Waals surface area contributed by atoms with Crippen LogP contribution < -0.4 is 5.73 Å². The monoisotopic (exact) mass is 720 g/mol. The molecule has 3 N–H and O–H groups in total. The summed E-state index contributed by atoms with van der Waals surface area (Å²) in [5, 5.41) is 10.7. The number of rotatable bonds is 24. The quantitative estimate of drug-likeness (QED) is 0.0763. The first-order valence-electron chi connectivity index (χ1n) is 21.7. The molecule has 7 nitrogen and oxygen atoms in total. The summed E-state index contributed by atoms with van der Waals surface area (Å²) in [5.41, 5.74) is 6.15. The summed E-state index contributed by atoms with van der Waals surface area (Å²) in [5.74, 6) is 6.45. The molecular weight excluding hydrogens is 638 g/mol. The van der Waals surface area contributed by atoms with Gasteiger partial charge >= 0.3 is 0 Å². The molecule has 4 saturated carbocycles. The largest absolute Gasteiger partial charge is 0.396 e. The Morgan fingerprint density at radius 2 is 1.10 bits per heavy atom. The Bertz CT molecular complexity index is 937. The minimum atomic E-state index is 0.0790. The van der Waals surface area contributed by atoms with E-state index in [1.165, 1.54) is 32.0 Å². The van der Waals surface area contributed by atoms with Crippen LogP contribution in [-0.2, 0) is 23.7 Å². The molecule has 0 aromatic carbocycles. The summed E-state index contributed by atoms with van der Waals surface area (Å²) in [6, 6.07) is 0.386. The molecule has 0 heterocycles. The second kappa shape index (κ2) is 22.7. The van der Waals surface area contributed by atoms with Crippen molar-refractivity contribution in [3.05, 3.63) is 0 Å². The molecule has 0 aromatic rings. The summed E-state index contributed by atoms with van der Waals surface area (Å²) < 4.78 is 25.6. The van der Waals surface area contributed by atoms with Gasteiger partial charge in [0, 0.05) is 58.2 Å². The maximum Gasteiger partial charge on any atom is 0.123 e. The SMILES string of the molecule is CC(C)CCOC[C@H]1C[C@@H](CO)C(C2CCC(C3[C@@H](C=O)C[C@@H](COCCC4CCC(N)CC4)[C@H]3COCCC(C)C)C2)[C@H]1COCCC(C)C. The van der Waals surface area contributed by atoms with E-state index in [2.05, 4.69) is 41.5 Å². The molecule has 0 bridgehead atoms. The van der Waals surface area contributed by atoms with E-state index in [-0.39, 0.29) is 12.5 Å². The lowest BCUT2D eigenvalue weighted by molar-refractivity contribution is -0.113. The van der Waals surface area contributed by atoms with Crippen LogP contribution in [0.2, 0.25) is 0 Å². The number of aliphatic hydroxyl groups is 1. The molecule has 4 rings (SSSR count). The number of hydrogen-bond acceptors (Lipinski definition) is 7. The molecule has 4 aliphatic carbocycles. The van der Waals surface area contributed by atoms with Crippen LogP contribution in [0.4, 0.5) is 0 Å². The molecule has 0 radical (unpaired) electrons. The van der Waals surface area contributed by atoms with Crippen LogP contribution in [0.15, 0.2) is 0 Å². The average Bonchev–Trinajstić information content (AvgIpc) is 3.81. The molecule has 4 unspecified atom stereocenters.